The number of hydrogen-bond donors (Lipinski definition) is 1. The predicted octanol–water partition coefficient (Wildman–Crippen LogP) is 2.65. The van der Waals surface area contributed by atoms with E-state index in [0.29, 0.717) is 24.4 Å². The standard InChI is InChI=1S/C16H24N2O/c1-11-8-12(2)13(3)18(10-11)16(19)15-6-4-14(9-17)5-7-15/h4-7,11-13H,8-10,17H2,1-3H3. The molecule has 0 radical (unpaired) electrons. The molecule has 1 saturated heterocycles. The molecule has 3 heteroatoms. The molecule has 0 bridgehead atoms. The normalized spacial score (nSPS) is 27.4. The van der Waals surface area contributed by atoms with Crippen LogP contribution >= 0.6 is 0 Å². The number of rotatable bonds is 2. The van der Waals surface area contributed by atoms with Gasteiger partial charge in [0.05, 0.1) is 0 Å². The molecule has 104 valence electrons. The van der Waals surface area contributed by atoms with Crippen molar-refractivity contribution in [2.24, 2.45) is 17.6 Å². The minimum atomic E-state index is 0.148. The summed E-state index contributed by atoms with van der Waals surface area (Å²) in [6.07, 6.45) is 1.21. The summed E-state index contributed by atoms with van der Waals surface area (Å²) in [5, 5.41) is 0. The van der Waals surface area contributed by atoms with Crippen molar-refractivity contribution >= 4 is 5.91 Å². The maximum absolute atomic E-state index is 12.6. The van der Waals surface area contributed by atoms with Gasteiger partial charge in [-0.15, -0.1) is 0 Å². The number of benzene rings is 1. The Morgan fingerprint density at radius 2 is 1.89 bits per heavy atom. The number of likely N-dealkylation sites (tertiary alicyclic amines) is 1. The maximum Gasteiger partial charge on any atom is 0.254 e. The fourth-order valence-electron chi connectivity index (χ4n) is 2.93. The molecule has 0 aliphatic carbocycles. The zero-order valence-electron chi connectivity index (χ0n) is 12.1. The van der Waals surface area contributed by atoms with Crippen LogP contribution in [0.1, 0.15) is 43.1 Å². The summed E-state index contributed by atoms with van der Waals surface area (Å²) in [4.78, 5) is 14.6. The Morgan fingerprint density at radius 1 is 1.26 bits per heavy atom. The first-order valence-corrected chi connectivity index (χ1v) is 7.13. The molecule has 1 aromatic carbocycles. The van der Waals surface area contributed by atoms with E-state index in [1.54, 1.807) is 0 Å². The van der Waals surface area contributed by atoms with Crippen molar-refractivity contribution in [3.8, 4) is 0 Å². The first-order valence-electron chi connectivity index (χ1n) is 7.13. The maximum atomic E-state index is 12.6. The molecular weight excluding hydrogens is 236 g/mol. The Hall–Kier alpha value is -1.35. The predicted molar refractivity (Wildman–Crippen MR) is 77.8 cm³/mol. The van der Waals surface area contributed by atoms with Crippen LogP contribution in [0.2, 0.25) is 0 Å². The average Bonchev–Trinajstić information content (AvgIpc) is 2.42. The molecule has 3 atom stereocenters. The van der Waals surface area contributed by atoms with E-state index in [-0.39, 0.29) is 5.91 Å². The highest BCUT2D eigenvalue weighted by Gasteiger charge is 2.32. The zero-order valence-corrected chi connectivity index (χ0v) is 12.1. The van der Waals surface area contributed by atoms with Crippen LogP contribution in [-0.2, 0) is 6.54 Å². The average molecular weight is 260 g/mol. The SMILES string of the molecule is CC1CC(C)C(C)N(C(=O)c2ccc(CN)cc2)C1. The smallest absolute Gasteiger partial charge is 0.254 e. The molecule has 1 amide bonds. The van der Waals surface area contributed by atoms with Crippen LogP contribution in [0.15, 0.2) is 24.3 Å². The van der Waals surface area contributed by atoms with E-state index < -0.39 is 0 Å². The number of piperidine rings is 1. The van der Waals surface area contributed by atoms with Crippen molar-refractivity contribution in [3.05, 3.63) is 35.4 Å². The molecule has 2 rings (SSSR count). The van der Waals surface area contributed by atoms with Crippen LogP contribution in [0.4, 0.5) is 0 Å². The van der Waals surface area contributed by atoms with Gasteiger partial charge in [-0.25, -0.2) is 0 Å². The van der Waals surface area contributed by atoms with Gasteiger partial charge in [0.1, 0.15) is 0 Å². The molecule has 1 aromatic rings. The Labute approximate surface area is 115 Å². The van der Waals surface area contributed by atoms with Crippen molar-refractivity contribution in [3.63, 3.8) is 0 Å². The number of nitrogens with zero attached hydrogens (tertiary/aromatic N) is 1. The molecule has 3 unspecified atom stereocenters. The van der Waals surface area contributed by atoms with Gasteiger partial charge in [0.25, 0.3) is 5.91 Å². The van der Waals surface area contributed by atoms with E-state index in [0.717, 1.165) is 17.7 Å². The highest BCUT2D eigenvalue weighted by Crippen LogP contribution is 2.28. The van der Waals surface area contributed by atoms with E-state index in [9.17, 15) is 4.79 Å². The van der Waals surface area contributed by atoms with Gasteiger partial charge in [-0.1, -0.05) is 26.0 Å². The Morgan fingerprint density at radius 3 is 2.47 bits per heavy atom. The van der Waals surface area contributed by atoms with Gasteiger partial charge in [0.2, 0.25) is 0 Å². The Bertz CT molecular complexity index is 441. The lowest BCUT2D eigenvalue weighted by molar-refractivity contribution is 0.0455. The van der Waals surface area contributed by atoms with Crippen LogP contribution in [0, 0.1) is 11.8 Å². The van der Waals surface area contributed by atoms with Crippen LogP contribution in [-0.4, -0.2) is 23.4 Å². The van der Waals surface area contributed by atoms with E-state index in [1.165, 1.54) is 6.42 Å². The lowest BCUT2D eigenvalue weighted by atomic mass is 9.85. The monoisotopic (exact) mass is 260 g/mol. The summed E-state index contributed by atoms with van der Waals surface area (Å²) < 4.78 is 0. The molecule has 0 spiro atoms. The third-order valence-corrected chi connectivity index (χ3v) is 4.30. The lowest BCUT2D eigenvalue weighted by Crippen LogP contribution is -2.48. The summed E-state index contributed by atoms with van der Waals surface area (Å²) in [6, 6.07) is 7.98. The topological polar surface area (TPSA) is 46.3 Å². The molecule has 1 fully saturated rings. The molecule has 0 saturated carbocycles. The molecule has 1 aliphatic heterocycles. The minimum absolute atomic E-state index is 0.148. The molecule has 19 heavy (non-hydrogen) atoms. The number of hydrogen-bond acceptors (Lipinski definition) is 2. The molecule has 0 aromatic heterocycles. The first kappa shape index (κ1) is 14.1. The first-order chi connectivity index (χ1) is 9.02. The van der Waals surface area contributed by atoms with Crippen LogP contribution in [0.5, 0.6) is 0 Å². The highest BCUT2D eigenvalue weighted by molar-refractivity contribution is 5.94. The van der Waals surface area contributed by atoms with Crippen molar-refractivity contribution in [2.75, 3.05) is 6.54 Å². The quantitative estimate of drug-likeness (QED) is 0.888. The van der Waals surface area contributed by atoms with Crippen molar-refractivity contribution in [2.45, 2.75) is 39.8 Å². The van der Waals surface area contributed by atoms with Crippen molar-refractivity contribution in [1.29, 1.82) is 0 Å². The van der Waals surface area contributed by atoms with Crippen molar-refractivity contribution in [1.82, 2.24) is 4.90 Å². The number of nitrogens with two attached hydrogens (primary N) is 1. The van der Waals surface area contributed by atoms with Crippen molar-refractivity contribution < 1.29 is 4.79 Å². The zero-order chi connectivity index (χ0) is 14.0. The number of carbonyl (C=O) groups is 1. The number of carbonyl (C=O) groups excluding carboxylic acids is 1. The van der Waals surface area contributed by atoms with Crippen LogP contribution < -0.4 is 5.73 Å². The van der Waals surface area contributed by atoms with E-state index >= 15 is 0 Å². The minimum Gasteiger partial charge on any atom is -0.335 e. The fourth-order valence-corrected chi connectivity index (χ4v) is 2.93. The third-order valence-electron chi connectivity index (χ3n) is 4.30. The molecule has 3 nitrogen and oxygen atoms in total. The highest BCUT2D eigenvalue weighted by atomic mass is 16.2. The van der Waals surface area contributed by atoms with Gasteiger partial charge >= 0.3 is 0 Å². The van der Waals surface area contributed by atoms with Gasteiger partial charge in [-0.2, -0.15) is 0 Å². The fraction of sp³-hybridized carbons (Fsp3) is 0.562. The summed E-state index contributed by atoms with van der Waals surface area (Å²) in [5.74, 6) is 1.30. The summed E-state index contributed by atoms with van der Waals surface area (Å²) in [6.45, 7) is 7.99. The van der Waals surface area contributed by atoms with E-state index in [4.69, 9.17) is 5.73 Å². The van der Waals surface area contributed by atoms with Gasteiger partial charge in [0.15, 0.2) is 0 Å². The Kier molecular flexibility index (Phi) is 4.25. The summed E-state index contributed by atoms with van der Waals surface area (Å²) in [5.41, 5.74) is 7.41. The lowest BCUT2D eigenvalue weighted by Gasteiger charge is -2.41. The van der Waals surface area contributed by atoms with Crippen LogP contribution in [0.25, 0.3) is 0 Å². The molecule has 1 heterocycles. The summed E-state index contributed by atoms with van der Waals surface area (Å²) >= 11 is 0. The summed E-state index contributed by atoms with van der Waals surface area (Å²) in [7, 11) is 0. The Balaban J connectivity index is 2.17. The van der Waals surface area contributed by atoms with Gasteiger partial charge in [0, 0.05) is 24.7 Å². The van der Waals surface area contributed by atoms with Crippen LogP contribution in [0.3, 0.4) is 0 Å². The third kappa shape index (κ3) is 2.98. The van der Waals surface area contributed by atoms with Gasteiger partial charge < -0.3 is 10.6 Å². The second-order valence-corrected chi connectivity index (χ2v) is 5.92. The second kappa shape index (κ2) is 5.74. The van der Waals surface area contributed by atoms with Gasteiger partial charge in [-0.3, -0.25) is 4.79 Å². The second-order valence-electron chi connectivity index (χ2n) is 5.92. The largest absolute Gasteiger partial charge is 0.335 e. The van der Waals surface area contributed by atoms with E-state index in [2.05, 4.69) is 20.8 Å². The molecule has 1 aliphatic rings. The van der Waals surface area contributed by atoms with Gasteiger partial charge in [-0.05, 0) is 42.9 Å². The number of amides is 1. The molecular formula is C16H24N2O. The van der Waals surface area contributed by atoms with E-state index in [1.807, 2.05) is 29.2 Å². The molecule has 2 N–H and O–H groups in total.